The largest absolute Gasteiger partial charge is 0.465 e. The summed E-state index contributed by atoms with van der Waals surface area (Å²) in [6.45, 7) is -0.0870. The van der Waals surface area contributed by atoms with Crippen molar-refractivity contribution in [3.05, 3.63) is 39.8 Å². The zero-order valence-electron chi connectivity index (χ0n) is 11.7. The summed E-state index contributed by atoms with van der Waals surface area (Å²) in [6.07, 6.45) is -1.17. The van der Waals surface area contributed by atoms with Crippen LogP contribution in [0.3, 0.4) is 0 Å². The number of rotatable bonds is 4. The summed E-state index contributed by atoms with van der Waals surface area (Å²) in [7, 11) is 2.86. The van der Waals surface area contributed by atoms with E-state index < -0.39 is 22.5 Å². The molecule has 0 fully saturated rings. The van der Waals surface area contributed by atoms with Crippen LogP contribution < -0.4 is 0 Å². The topological polar surface area (TPSA) is 114 Å². The van der Waals surface area contributed by atoms with Crippen LogP contribution in [0, 0.1) is 15.9 Å². The highest BCUT2D eigenvalue weighted by Crippen LogP contribution is 2.29. The Bertz CT molecular complexity index is 745. The lowest BCUT2D eigenvalue weighted by molar-refractivity contribution is -0.387. The van der Waals surface area contributed by atoms with Gasteiger partial charge in [-0.3, -0.25) is 10.1 Å². The van der Waals surface area contributed by atoms with Gasteiger partial charge >= 0.3 is 11.8 Å². The number of aromatic nitrogens is 3. The number of halogens is 1. The van der Waals surface area contributed by atoms with E-state index in [1.54, 1.807) is 0 Å². The van der Waals surface area contributed by atoms with Crippen LogP contribution in [-0.4, -0.2) is 43.1 Å². The van der Waals surface area contributed by atoms with Crippen LogP contribution in [0.15, 0.2) is 18.2 Å². The minimum atomic E-state index is -1.17. The molecule has 9 nitrogen and oxygen atoms in total. The van der Waals surface area contributed by atoms with Crippen molar-refractivity contribution in [1.29, 1.82) is 0 Å². The molecule has 0 atom stereocenters. The van der Waals surface area contributed by atoms with Crippen LogP contribution in [0.2, 0.25) is 0 Å². The highest BCUT2D eigenvalue weighted by Gasteiger charge is 2.24. The zero-order valence-corrected chi connectivity index (χ0v) is 11.7. The van der Waals surface area contributed by atoms with Crippen molar-refractivity contribution in [2.75, 3.05) is 7.05 Å². The molecule has 0 saturated carbocycles. The fourth-order valence-electron chi connectivity index (χ4n) is 1.90. The predicted octanol–water partition coefficient (Wildman–Crippen LogP) is 1.64. The molecule has 0 aliphatic rings. The summed E-state index contributed by atoms with van der Waals surface area (Å²) in [5, 5.41) is 27.2. The van der Waals surface area contributed by atoms with Crippen LogP contribution in [0.4, 0.5) is 14.9 Å². The molecule has 0 aliphatic carbocycles. The van der Waals surface area contributed by atoms with E-state index in [1.165, 1.54) is 30.9 Å². The van der Waals surface area contributed by atoms with Crippen molar-refractivity contribution >= 4 is 11.8 Å². The van der Waals surface area contributed by atoms with E-state index in [0.29, 0.717) is 5.69 Å². The van der Waals surface area contributed by atoms with Gasteiger partial charge < -0.3 is 10.0 Å². The summed E-state index contributed by atoms with van der Waals surface area (Å²) in [6, 6.07) is 3.70. The third-order valence-corrected chi connectivity index (χ3v) is 3.09. The Hall–Kier alpha value is -3.04. The van der Waals surface area contributed by atoms with Crippen molar-refractivity contribution in [2.45, 2.75) is 6.54 Å². The van der Waals surface area contributed by atoms with E-state index in [1.807, 2.05) is 0 Å². The molecule has 1 aromatic carbocycles. The SMILES string of the molecule is CN(Cc1c(-c2cccc([N+](=O)[O-])c2F)nnn1C)C(=O)O. The van der Waals surface area contributed by atoms with Crippen LogP contribution in [-0.2, 0) is 13.6 Å². The quantitative estimate of drug-likeness (QED) is 0.678. The lowest BCUT2D eigenvalue weighted by atomic mass is 10.1. The molecule has 0 spiro atoms. The smallest absolute Gasteiger partial charge is 0.407 e. The van der Waals surface area contributed by atoms with E-state index in [9.17, 15) is 19.3 Å². The van der Waals surface area contributed by atoms with Gasteiger partial charge in [-0.05, 0) is 6.07 Å². The number of aryl methyl sites for hydroxylation is 1. The van der Waals surface area contributed by atoms with Crippen LogP contribution in [0.1, 0.15) is 5.69 Å². The molecule has 22 heavy (non-hydrogen) atoms. The molecule has 1 heterocycles. The van der Waals surface area contributed by atoms with Crippen molar-refractivity contribution in [2.24, 2.45) is 7.05 Å². The Morgan fingerprint density at radius 3 is 2.82 bits per heavy atom. The second kappa shape index (κ2) is 5.76. The highest BCUT2D eigenvalue weighted by atomic mass is 19.1. The minimum absolute atomic E-state index is 0.0665. The fraction of sp³-hybridized carbons (Fsp3) is 0.250. The van der Waals surface area contributed by atoms with Gasteiger partial charge in [0.05, 0.1) is 17.2 Å². The zero-order chi connectivity index (χ0) is 16.4. The van der Waals surface area contributed by atoms with Crippen molar-refractivity contribution in [1.82, 2.24) is 19.9 Å². The molecule has 1 amide bonds. The molecular weight excluding hydrogens is 297 g/mol. The monoisotopic (exact) mass is 309 g/mol. The number of benzene rings is 1. The van der Waals surface area contributed by atoms with Gasteiger partial charge in [0.15, 0.2) is 0 Å². The molecule has 0 saturated heterocycles. The maximum atomic E-state index is 14.2. The molecule has 1 aromatic heterocycles. The average molecular weight is 309 g/mol. The average Bonchev–Trinajstić information content (AvgIpc) is 2.80. The number of hydrogen-bond donors (Lipinski definition) is 1. The highest BCUT2D eigenvalue weighted by molar-refractivity contribution is 5.67. The normalized spacial score (nSPS) is 10.5. The number of nitro groups is 1. The summed E-state index contributed by atoms with van der Waals surface area (Å²) in [4.78, 5) is 21.8. The molecule has 2 aromatic rings. The van der Waals surface area contributed by atoms with Gasteiger partial charge in [-0.15, -0.1) is 5.10 Å². The molecule has 1 N–H and O–H groups in total. The first-order valence-electron chi connectivity index (χ1n) is 6.08. The van der Waals surface area contributed by atoms with E-state index in [4.69, 9.17) is 5.11 Å². The number of carbonyl (C=O) groups is 1. The van der Waals surface area contributed by atoms with Gasteiger partial charge in [0.2, 0.25) is 5.82 Å². The van der Waals surface area contributed by atoms with Crippen molar-refractivity contribution in [3.8, 4) is 11.3 Å². The van der Waals surface area contributed by atoms with E-state index in [2.05, 4.69) is 10.3 Å². The second-order valence-corrected chi connectivity index (χ2v) is 4.54. The standard InChI is InChI=1S/C12H12FN5O4/c1-16(12(19)20)6-9-11(14-15-17(9)2)7-4-3-5-8(10(7)13)18(21)22/h3-5H,6H2,1-2H3,(H,19,20). The molecular formula is C12H12FN5O4. The summed E-state index contributed by atoms with van der Waals surface area (Å²) in [5.41, 5.74) is -0.391. The number of amides is 1. The first-order valence-corrected chi connectivity index (χ1v) is 6.08. The lowest BCUT2D eigenvalue weighted by Crippen LogP contribution is -2.25. The van der Waals surface area contributed by atoms with Gasteiger partial charge in [0.25, 0.3) is 0 Å². The maximum absolute atomic E-state index is 14.2. The number of hydrogen-bond acceptors (Lipinski definition) is 5. The van der Waals surface area contributed by atoms with E-state index in [-0.39, 0.29) is 17.8 Å². The second-order valence-electron chi connectivity index (χ2n) is 4.54. The third-order valence-electron chi connectivity index (χ3n) is 3.09. The van der Waals surface area contributed by atoms with Gasteiger partial charge in [-0.1, -0.05) is 11.3 Å². The molecule has 0 bridgehead atoms. The molecule has 10 heteroatoms. The van der Waals surface area contributed by atoms with Crippen molar-refractivity contribution in [3.63, 3.8) is 0 Å². The van der Waals surface area contributed by atoms with E-state index >= 15 is 0 Å². The summed E-state index contributed by atoms with van der Waals surface area (Å²) >= 11 is 0. The first-order chi connectivity index (χ1) is 10.3. The fourth-order valence-corrected chi connectivity index (χ4v) is 1.90. The Kier molecular flexibility index (Phi) is 4.02. The molecule has 0 radical (unpaired) electrons. The van der Waals surface area contributed by atoms with Crippen LogP contribution >= 0.6 is 0 Å². The molecule has 0 unspecified atom stereocenters. The van der Waals surface area contributed by atoms with Crippen LogP contribution in [0.5, 0.6) is 0 Å². The van der Waals surface area contributed by atoms with Crippen LogP contribution in [0.25, 0.3) is 11.3 Å². The maximum Gasteiger partial charge on any atom is 0.407 e. The Balaban J connectivity index is 2.53. The molecule has 116 valence electrons. The van der Waals surface area contributed by atoms with Gasteiger partial charge in [0, 0.05) is 25.7 Å². The Morgan fingerprint density at radius 2 is 2.23 bits per heavy atom. The predicted molar refractivity (Wildman–Crippen MR) is 72.5 cm³/mol. The third kappa shape index (κ3) is 2.71. The minimum Gasteiger partial charge on any atom is -0.465 e. The summed E-state index contributed by atoms with van der Waals surface area (Å²) < 4.78 is 15.5. The van der Waals surface area contributed by atoms with E-state index in [0.717, 1.165) is 11.0 Å². The molecule has 2 rings (SSSR count). The van der Waals surface area contributed by atoms with Gasteiger partial charge in [-0.2, -0.15) is 4.39 Å². The van der Waals surface area contributed by atoms with Gasteiger partial charge in [-0.25, -0.2) is 9.48 Å². The lowest BCUT2D eigenvalue weighted by Gasteiger charge is -2.13. The number of carboxylic acid groups (broad SMARTS) is 1. The number of nitrogens with zero attached hydrogens (tertiary/aromatic N) is 5. The molecule has 0 aliphatic heterocycles. The number of nitro benzene ring substituents is 1. The Morgan fingerprint density at radius 1 is 1.55 bits per heavy atom. The van der Waals surface area contributed by atoms with Gasteiger partial charge in [0.1, 0.15) is 5.69 Å². The van der Waals surface area contributed by atoms with Crippen molar-refractivity contribution < 1.29 is 19.2 Å². The first kappa shape index (κ1) is 15.4. The summed E-state index contributed by atoms with van der Waals surface area (Å²) in [5.74, 6) is -1.03. The Labute approximate surface area is 123 Å².